The molecule has 0 bridgehead atoms. The summed E-state index contributed by atoms with van der Waals surface area (Å²) in [5.41, 5.74) is 0.440. The van der Waals surface area contributed by atoms with Gasteiger partial charge in [0, 0.05) is 12.1 Å². The lowest BCUT2D eigenvalue weighted by molar-refractivity contribution is -0.135. The fourth-order valence-electron chi connectivity index (χ4n) is 3.28. The molecule has 1 unspecified atom stereocenters. The van der Waals surface area contributed by atoms with Crippen LogP contribution in [0.5, 0.6) is 17.2 Å². The summed E-state index contributed by atoms with van der Waals surface area (Å²) in [6.45, 7) is 5.62. The number of benzene rings is 1. The number of esters is 2. The normalized spacial score (nSPS) is 15.5. The van der Waals surface area contributed by atoms with Crippen LogP contribution in [-0.2, 0) is 9.53 Å². The molecule has 8 nitrogen and oxygen atoms in total. The average molecular weight is 401 g/mol. The zero-order chi connectivity index (χ0) is 21.1. The summed E-state index contributed by atoms with van der Waals surface area (Å²) in [5, 5.41) is 0. The van der Waals surface area contributed by atoms with Gasteiger partial charge in [-0.2, -0.15) is 0 Å². The summed E-state index contributed by atoms with van der Waals surface area (Å²) in [7, 11) is 1.51. The van der Waals surface area contributed by atoms with Gasteiger partial charge < -0.3 is 23.9 Å². The number of hydrogen-bond acceptors (Lipinski definition) is 7. The van der Waals surface area contributed by atoms with E-state index in [0.29, 0.717) is 17.1 Å². The lowest BCUT2D eigenvalue weighted by Gasteiger charge is -2.26. The van der Waals surface area contributed by atoms with Gasteiger partial charge in [-0.3, -0.25) is 9.59 Å². The molecule has 154 valence electrons. The molecule has 0 saturated carbocycles. The molecule has 0 saturated heterocycles. The molecule has 0 radical (unpaired) electrons. The van der Waals surface area contributed by atoms with Gasteiger partial charge in [-0.15, -0.1) is 0 Å². The number of ether oxygens (including phenoxy) is 4. The molecule has 8 heteroatoms. The lowest BCUT2D eigenvalue weighted by Crippen LogP contribution is -2.30. The third-order valence-corrected chi connectivity index (χ3v) is 4.46. The lowest BCUT2D eigenvalue weighted by atomic mass is 9.86. The molecule has 2 heterocycles. The molecule has 2 aromatic rings. The Morgan fingerprint density at radius 1 is 1.28 bits per heavy atom. The first-order valence-electron chi connectivity index (χ1n) is 9.33. The highest BCUT2D eigenvalue weighted by Crippen LogP contribution is 2.41. The predicted octanol–water partition coefficient (Wildman–Crippen LogP) is 2.79. The second kappa shape index (κ2) is 8.38. The Morgan fingerprint density at radius 3 is 2.69 bits per heavy atom. The molecule has 0 spiro atoms. The molecule has 1 aromatic heterocycles. The molecule has 1 aliphatic heterocycles. The topological polar surface area (TPSA) is 104 Å². The van der Waals surface area contributed by atoms with Gasteiger partial charge in [0.25, 0.3) is 5.56 Å². The molecular formula is C21H23NO7. The SMILES string of the molecule is CCOC(=O)c1c[nH]c(=O)c2c1OC(=O)CC2c1ccc(OC(C)C)c(OC)c1. The largest absolute Gasteiger partial charge is 0.493 e. The third kappa shape index (κ3) is 4.11. The molecule has 29 heavy (non-hydrogen) atoms. The predicted molar refractivity (Wildman–Crippen MR) is 104 cm³/mol. The van der Waals surface area contributed by atoms with Crippen molar-refractivity contribution in [2.24, 2.45) is 0 Å². The van der Waals surface area contributed by atoms with Crippen LogP contribution >= 0.6 is 0 Å². The van der Waals surface area contributed by atoms with Crippen LogP contribution in [0.3, 0.4) is 0 Å². The number of carbonyl (C=O) groups is 2. The Hall–Kier alpha value is -3.29. The standard InChI is InChI=1S/C21H23NO7/c1-5-27-21(25)14-10-22-20(24)18-13(9-17(23)29-19(14)18)12-6-7-15(28-11(2)3)16(8-12)26-4/h6-8,10-11,13H,5,9H2,1-4H3,(H,22,24). The quantitative estimate of drug-likeness (QED) is 0.742. The molecule has 0 fully saturated rings. The molecule has 0 aliphatic carbocycles. The number of H-pyrrole nitrogens is 1. The molecule has 3 rings (SSSR count). The van der Waals surface area contributed by atoms with Crippen molar-refractivity contribution in [2.45, 2.75) is 39.2 Å². The van der Waals surface area contributed by atoms with Crippen LogP contribution in [0.2, 0.25) is 0 Å². The van der Waals surface area contributed by atoms with Gasteiger partial charge in [-0.05, 0) is 38.5 Å². The molecule has 1 N–H and O–H groups in total. The first kappa shape index (κ1) is 20.4. The number of fused-ring (bicyclic) bond motifs is 1. The zero-order valence-corrected chi connectivity index (χ0v) is 16.7. The highest BCUT2D eigenvalue weighted by atomic mass is 16.6. The van der Waals surface area contributed by atoms with Gasteiger partial charge in [0.1, 0.15) is 5.56 Å². The minimum atomic E-state index is -0.674. The number of methoxy groups -OCH3 is 1. The third-order valence-electron chi connectivity index (χ3n) is 4.46. The van der Waals surface area contributed by atoms with Crippen molar-refractivity contribution in [3.8, 4) is 17.2 Å². The summed E-state index contributed by atoms with van der Waals surface area (Å²) >= 11 is 0. The van der Waals surface area contributed by atoms with Gasteiger partial charge in [0.05, 0.1) is 31.8 Å². The first-order chi connectivity index (χ1) is 13.8. The van der Waals surface area contributed by atoms with Crippen LogP contribution in [-0.4, -0.2) is 36.7 Å². The van der Waals surface area contributed by atoms with Crippen molar-refractivity contribution in [3.63, 3.8) is 0 Å². The number of carbonyl (C=O) groups excluding carboxylic acids is 2. The van der Waals surface area contributed by atoms with E-state index in [0.717, 1.165) is 0 Å². The Bertz CT molecular complexity index is 993. The van der Waals surface area contributed by atoms with Gasteiger partial charge in [-0.1, -0.05) is 6.07 Å². The van der Waals surface area contributed by atoms with Crippen molar-refractivity contribution >= 4 is 11.9 Å². The van der Waals surface area contributed by atoms with Gasteiger partial charge in [-0.25, -0.2) is 4.79 Å². The van der Waals surface area contributed by atoms with Crippen molar-refractivity contribution < 1.29 is 28.5 Å². The minimum Gasteiger partial charge on any atom is -0.493 e. The summed E-state index contributed by atoms with van der Waals surface area (Å²) in [4.78, 5) is 39.7. The highest BCUT2D eigenvalue weighted by molar-refractivity contribution is 5.94. The molecule has 1 aromatic carbocycles. The minimum absolute atomic E-state index is 0.00577. The Labute approximate surface area is 167 Å². The van der Waals surface area contributed by atoms with E-state index in [9.17, 15) is 14.4 Å². The zero-order valence-electron chi connectivity index (χ0n) is 16.7. The fourth-order valence-corrected chi connectivity index (χ4v) is 3.28. The number of rotatable bonds is 6. The van der Waals surface area contributed by atoms with E-state index in [1.807, 2.05) is 13.8 Å². The van der Waals surface area contributed by atoms with Crippen molar-refractivity contribution in [1.29, 1.82) is 0 Å². The summed E-state index contributed by atoms with van der Waals surface area (Å²) in [6, 6.07) is 5.22. The second-order valence-corrected chi connectivity index (χ2v) is 6.80. The first-order valence-corrected chi connectivity index (χ1v) is 9.33. The molecule has 1 aliphatic rings. The van der Waals surface area contributed by atoms with E-state index < -0.39 is 23.4 Å². The van der Waals surface area contributed by atoms with Crippen molar-refractivity contribution in [3.05, 3.63) is 51.4 Å². The Kier molecular flexibility index (Phi) is 5.91. The van der Waals surface area contributed by atoms with Gasteiger partial charge >= 0.3 is 11.9 Å². The number of nitrogens with one attached hydrogen (secondary N) is 1. The van der Waals surface area contributed by atoms with Gasteiger partial charge in [0.15, 0.2) is 17.2 Å². The van der Waals surface area contributed by atoms with Crippen LogP contribution in [0, 0.1) is 0 Å². The van der Waals surface area contributed by atoms with Crippen molar-refractivity contribution in [1.82, 2.24) is 4.98 Å². The van der Waals surface area contributed by atoms with Crippen LogP contribution in [0.15, 0.2) is 29.2 Å². The van der Waals surface area contributed by atoms with E-state index in [1.54, 1.807) is 25.1 Å². The van der Waals surface area contributed by atoms with E-state index in [-0.39, 0.29) is 36.0 Å². The van der Waals surface area contributed by atoms with E-state index in [2.05, 4.69) is 4.98 Å². The average Bonchev–Trinajstić information content (AvgIpc) is 2.67. The Morgan fingerprint density at radius 2 is 2.03 bits per heavy atom. The maximum atomic E-state index is 12.6. The number of hydrogen-bond donors (Lipinski definition) is 1. The molecule has 0 amide bonds. The van der Waals surface area contributed by atoms with Crippen molar-refractivity contribution in [2.75, 3.05) is 13.7 Å². The Balaban J connectivity index is 2.12. The van der Waals surface area contributed by atoms with Crippen LogP contribution < -0.4 is 19.8 Å². The van der Waals surface area contributed by atoms with Gasteiger partial charge in [0.2, 0.25) is 0 Å². The summed E-state index contributed by atoms with van der Waals surface area (Å²) in [6.07, 6.45) is 1.11. The maximum Gasteiger partial charge on any atom is 0.343 e. The fraction of sp³-hybridized carbons (Fsp3) is 0.381. The van der Waals surface area contributed by atoms with Crippen LogP contribution in [0.25, 0.3) is 0 Å². The number of aromatic nitrogens is 1. The van der Waals surface area contributed by atoms with E-state index >= 15 is 0 Å². The van der Waals surface area contributed by atoms with Crippen LogP contribution in [0.1, 0.15) is 54.6 Å². The highest BCUT2D eigenvalue weighted by Gasteiger charge is 2.35. The number of pyridine rings is 1. The molecule has 1 atom stereocenters. The second-order valence-electron chi connectivity index (χ2n) is 6.80. The van der Waals surface area contributed by atoms with E-state index in [1.165, 1.54) is 13.3 Å². The van der Waals surface area contributed by atoms with E-state index in [4.69, 9.17) is 18.9 Å². The molecular weight excluding hydrogens is 378 g/mol. The van der Waals surface area contributed by atoms with Crippen LogP contribution in [0.4, 0.5) is 0 Å². The maximum absolute atomic E-state index is 12.6. The monoisotopic (exact) mass is 401 g/mol. The smallest absolute Gasteiger partial charge is 0.343 e. The summed E-state index contributed by atoms with van der Waals surface area (Å²) < 4.78 is 21.4. The summed E-state index contributed by atoms with van der Waals surface area (Å²) in [5.74, 6) is -0.846. The number of aromatic amines is 1.